The molecule has 0 spiro atoms. The van der Waals surface area contributed by atoms with E-state index in [0.29, 0.717) is 0 Å². The summed E-state index contributed by atoms with van der Waals surface area (Å²) in [6, 6.07) is 1.92. The lowest BCUT2D eigenvalue weighted by Crippen LogP contribution is -2.14. The second-order valence-electron chi connectivity index (χ2n) is 4.38. The molecule has 2 aromatic rings. The van der Waals surface area contributed by atoms with E-state index in [-0.39, 0.29) is 6.04 Å². The van der Waals surface area contributed by atoms with Crippen LogP contribution >= 0.6 is 0 Å². The zero-order chi connectivity index (χ0) is 13.8. The van der Waals surface area contributed by atoms with Crippen LogP contribution in [-0.4, -0.2) is 31.3 Å². The number of hydrogen-bond donors (Lipinski definition) is 2. The van der Waals surface area contributed by atoms with Gasteiger partial charge in [-0.25, -0.2) is 9.97 Å². The highest BCUT2D eigenvalue weighted by Gasteiger charge is 2.12. The van der Waals surface area contributed by atoms with Gasteiger partial charge in [-0.2, -0.15) is 0 Å². The van der Waals surface area contributed by atoms with Crippen LogP contribution in [0.3, 0.4) is 0 Å². The van der Waals surface area contributed by atoms with Crippen molar-refractivity contribution in [2.75, 3.05) is 17.2 Å². The molecule has 19 heavy (non-hydrogen) atoms. The number of hydrogen-bond acceptors (Lipinski definition) is 6. The topological polar surface area (TPSA) is 80.5 Å². The summed E-state index contributed by atoms with van der Waals surface area (Å²) in [5.41, 5.74) is 0. The molecule has 0 saturated carbocycles. The van der Waals surface area contributed by atoms with E-state index in [9.17, 15) is 0 Å². The summed E-state index contributed by atoms with van der Waals surface area (Å²) in [7, 11) is 1.92. The van der Waals surface area contributed by atoms with Crippen molar-refractivity contribution >= 4 is 11.6 Å². The van der Waals surface area contributed by atoms with Crippen LogP contribution in [0.1, 0.15) is 31.5 Å². The number of rotatable bonds is 5. The molecule has 0 saturated heterocycles. The highest BCUT2D eigenvalue weighted by Crippen LogP contribution is 2.17. The molecule has 2 rings (SSSR count). The average Bonchev–Trinajstić information content (AvgIpc) is 2.75. The van der Waals surface area contributed by atoms with Crippen LogP contribution in [0.2, 0.25) is 0 Å². The lowest BCUT2D eigenvalue weighted by Gasteiger charge is -2.14. The Kier molecular flexibility index (Phi) is 3.94. The van der Waals surface area contributed by atoms with E-state index in [4.69, 9.17) is 0 Å². The van der Waals surface area contributed by atoms with Crippen LogP contribution in [-0.2, 0) is 7.05 Å². The molecule has 2 N–H and O–H groups in total. The monoisotopic (exact) mass is 261 g/mol. The fourth-order valence-electron chi connectivity index (χ4n) is 1.88. The van der Waals surface area contributed by atoms with Crippen LogP contribution in [0.15, 0.2) is 12.4 Å². The van der Waals surface area contributed by atoms with E-state index in [2.05, 4.69) is 30.8 Å². The predicted octanol–water partition coefficient (Wildman–Crippen LogP) is 1.52. The first-order valence-corrected chi connectivity index (χ1v) is 6.30. The minimum atomic E-state index is 0.0243. The van der Waals surface area contributed by atoms with Gasteiger partial charge in [0.1, 0.15) is 23.8 Å². The first-order chi connectivity index (χ1) is 9.10. The minimum absolute atomic E-state index is 0.0243. The Bertz CT molecular complexity index is 549. The summed E-state index contributed by atoms with van der Waals surface area (Å²) in [5.74, 6) is 3.19. The van der Waals surface area contributed by atoms with Crippen molar-refractivity contribution in [2.24, 2.45) is 7.05 Å². The molecule has 0 aromatic carbocycles. The maximum Gasteiger partial charge on any atom is 0.154 e. The molecular formula is C12H19N7. The van der Waals surface area contributed by atoms with Gasteiger partial charge in [0.2, 0.25) is 0 Å². The molecule has 7 heteroatoms. The van der Waals surface area contributed by atoms with E-state index in [1.807, 2.05) is 38.5 Å². The number of nitrogens with zero attached hydrogens (tertiary/aromatic N) is 5. The van der Waals surface area contributed by atoms with Gasteiger partial charge < -0.3 is 15.2 Å². The van der Waals surface area contributed by atoms with Gasteiger partial charge in [0.05, 0.1) is 6.04 Å². The van der Waals surface area contributed by atoms with Crippen molar-refractivity contribution in [3.8, 4) is 0 Å². The summed E-state index contributed by atoms with van der Waals surface area (Å²) in [6.45, 7) is 6.76. The third-order valence-corrected chi connectivity index (χ3v) is 2.69. The van der Waals surface area contributed by atoms with Gasteiger partial charge in [-0.3, -0.25) is 0 Å². The molecule has 0 fully saturated rings. The predicted molar refractivity (Wildman–Crippen MR) is 74.0 cm³/mol. The molecule has 1 unspecified atom stereocenters. The van der Waals surface area contributed by atoms with E-state index in [1.165, 1.54) is 0 Å². The Morgan fingerprint density at radius 3 is 2.68 bits per heavy atom. The van der Waals surface area contributed by atoms with Gasteiger partial charge in [0, 0.05) is 19.7 Å². The van der Waals surface area contributed by atoms with Gasteiger partial charge in [-0.1, -0.05) is 0 Å². The maximum atomic E-state index is 4.38. The third-order valence-electron chi connectivity index (χ3n) is 2.69. The maximum absolute atomic E-state index is 4.38. The summed E-state index contributed by atoms with van der Waals surface area (Å²) in [6.07, 6.45) is 1.68. The second-order valence-corrected chi connectivity index (χ2v) is 4.38. The summed E-state index contributed by atoms with van der Waals surface area (Å²) < 4.78 is 1.89. The van der Waals surface area contributed by atoms with Crippen molar-refractivity contribution in [2.45, 2.75) is 26.8 Å². The van der Waals surface area contributed by atoms with Crippen LogP contribution in [0.4, 0.5) is 11.6 Å². The molecule has 2 heterocycles. The number of aryl methyl sites for hydroxylation is 2. The van der Waals surface area contributed by atoms with Gasteiger partial charge in [0.25, 0.3) is 0 Å². The molecule has 0 aliphatic heterocycles. The van der Waals surface area contributed by atoms with Crippen LogP contribution < -0.4 is 10.6 Å². The van der Waals surface area contributed by atoms with Gasteiger partial charge in [0.15, 0.2) is 5.82 Å². The Morgan fingerprint density at radius 2 is 2.05 bits per heavy atom. The smallest absolute Gasteiger partial charge is 0.154 e. The fraction of sp³-hybridized carbons (Fsp3) is 0.500. The van der Waals surface area contributed by atoms with E-state index in [0.717, 1.165) is 29.8 Å². The van der Waals surface area contributed by atoms with Crippen LogP contribution in [0, 0.1) is 6.92 Å². The molecule has 0 bridgehead atoms. The normalized spacial score (nSPS) is 12.2. The molecule has 0 amide bonds. The van der Waals surface area contributed by atoms with Crippen molar-refractivity contribution in [1.29, 1.82) is 0 Å². The van der Waals surface area contributed by atoms with Crippen molar-refractivity contribution in [1.82, 2.24) is 24.7 Å². The molecule has 0 aliphatic carbocycles. The SMILES string of the molecule is CCNc1cc(NC(C)c2nncn2C)nc(C)n1. The largest absolute Gasteiger partial charge is 0.370 e. The Morgan fingerprint density at radius 1 is 1.32 bits per heavy atom. The summed E-state index contributed by atoms with van der Waals surface area (Å²) in [4.78, 5) is 8.69. The highest BCUT2D eigenvalue weighted by molar-refractivity contribution is 5.48. The lowest BCUT2D eigenvalue weighted by molar-refractivity contribution is 0.715. The number of anilines is 2. The highest BCUT2D eigenvalue weighted by atomic mass is 15.3. The Hall–Kier alpha value is -2.18. The average molecular weight is 261 g/mol. The number of nitrogens with one attached hydrogen (secondary N) is 2. The fourth-order valence-corrected chi connectivity index (χ4v) is 1.88. The van der Waals surface area contributed by atoms with Crippen molar-refractivity contribution < 1.29 is 0 Å². The molecule has 7 nitrogen and oxygen atoms in total. The minimum Gasteiger partial charge on any atom is -0.370 e. The van der Waals surface area contributed by atoms with Crippen molar-refractivity contribution in [3.63, 3.8) is 0 Å². The third kappa shape index (κ3) is 3.18. The van der Waals surface area contributed by atoms with E-state index in [1.54, 1.807) is 6.33 Å². The summed E-state index contributed by atoms with van der Waals surface area (Å²) >= 11 is 0. The van der Waals surface area contributed by atoms with Crippen molar-refractivity contribution in [3.05, 3.63) is 24.0 Å². The molecule has 2 aromatic heterocycles. The standard InChI is InChI=1S/C12H19N7/c1-5-13-10-6-11(17-9(3)16-10)15-8(2)12-18-14-7-19(12)4/h6-8H,5H2,1-4H3,(H2,13,15,16,17). The number of aromatic nitrogens is 5. The zero-order valence-corrected chi connectivity index (χ0v) is 11.7. The Balaban J connectivity index is 2.16. The first kappa shape index (κ1) is 13.3. The van der Waals surface area contributed by atoms with Gasteiger partial charge in [-0.15, -0.1) is 10.2 Å². The van der Waals surface area contributed by atoms with Gasteiger partial charge in [-0.05, 0) is 20.8 Å². The lowest BCUT2D eigenvalue weighted by atomic mass is 10.3. The van der Waals surface area contributed by atoms with Crippen LogP contribution in [0.5, 0.6) is 0 Å². The van der Waals surface area contributed by atoms with Crippen LogP contribution in [0.25, 0.3) is 0 Å². The first-order valence-electron chi connectivity index (χ1n) is 6.30. The molecule has 1 atom stereocenters. The summed E-state index contributed by atoms with van der Waals surface area (Å²) in [5, 5.41) is 14.5. The molecular weight excluding hydrogens is 242 g/mol. The van der Waals surface area contributed by atoms with Gasteiger partial charge >= 0.3 is 0 Å². The molecule has 0 aliphatic rings. The zero-order valence-electron chi connectivity index (χ0n) is 11.7. The van der Waals surface area contributed by atoms with E-state index < -0.39 is 0 Å². The molecule has 102 valence electrons. The van der Waals surface area contributed by atoms with E-state index >= 15 is 0 Å². The quantitative estimate of drug-likeness (QED) is 0.849. The second kappa shape index (κ2) is 5.64. The molecule has 0 radical (unpaired) electrons. The Labute approximate surface area is 112 Å².